The van der Waals surface area contributed by atoms with Crippen LogP contribution in [-0.2, 0) is 10.2 Å². The normalized spacial score (nSPS) is 17.6. The van der Waals surface area contributed by atoms with E-state index >= 15 is 0 Å². The van der Waals surface area contributed by atoms with Crippen LogP contribution in [0.3, 0.4) is 0 Å². The lowest BCUT2D eigenvalue weighted by atomic mass is 9.83. The average molecular weight is 345 g/mol. The van der Waals surface area contributed by atoms with Crippen LogP contribution in [0, 0.1) is 6.92 Å². The number of hydrogen-bond acceptors (Lipinski definition) is 6. The number of para-hydroxylation sites is 1. The van der Waals surface area contributed by atoms with Gasteiger partial charge in [-0.25, -0.2) is 0 Å². The number of rotatable bonds is 4. The molecular weight excluding hydrogens is 326 g/mol. The van der Waals surface area contributed by atoms with Gasteiger partial charge in [-0.15, -0.1) is 10.2 Å². The summed E-state index contributed by atoms with van der Waals surface area (Å²) >= 11 is 2.97. The van der Waals surface area contributed by atoms with Crippen molar-refractivity contribution in [1.29, 1.82) is 0 Å². The molecule has 0 aliphatic carbocycles. The van der Waals surface area contributed by atoms with Crippen LogP contribution in [0.1, 0.15) is 24.4 Å². The standard InChI is InChI=1S/C17H19N3OS2/c1-11-18-19-16(23-11)22-10-12(21)9-15-17(2,3)13-7-5-6-8-14(13)20(15)4/h5-9H,10H2,1-4H3. The van der Waals surface area contributed by atoms with Gasteiger partial charge in [0.05, 0.1) is 5.75 Å². The molecule has 0 unspecified atom stereocenters. The summed E-state index contributed by atoms with van der Waals surface area (Å²) in [5.41, 5.74) is 3.31. The zero-order valence-electron chi connectivity index (χ0n) is 13.7. The zero-order valence-corrected chi connectivity index (χ0v) is 15.3. The molecule has 0 atom stereocenters. The number of anilines is 1. The van der Waals surface area contributed by atoms with Gasteiger partial charge in [0.1, 0.15) is 5.01 Å². The summed E-state index contributed by atoms with van der Waals surface area (Å²) < 4.78 is 0.844. The molecule has 1 aliphatic heterocycles. The molecule has 0 saturated heterocycles. The van der Waals surface area contributed by atoms with Crippen molar-refractivity contribution in [1.82, 2.24) is 10.2 Å². The van der Waals surface area contributed by atoms with Crippen molar-refractivity contribution in [3.05, 3.63) is 46.6 Å². The van der Waals surface area contributed by atoms with E-state index in [1.807, 2.05) is 26.1 Å². The fourth-order valence-electron chi connectivity index (χ4n) is 2.92. The number of likely N-dealkylation sites (N-methyl/N-ethyl adjacent to an activating group) is 1. The molecule has 4 nitrogen and oxygen atoms in total. The molecule has 2 aromatic rings. The van der Waals surface area contributed by atoms with Crippen LogP contribution in [0.5, 0.6) is 0 Å². The highest BCUT2D eigenvalue weighted by atomic mass is 32.2. The molecule has 23 heavy (non-hydrogen) atoms. The third-order valence-corrected chi connectivity index (χ3v) is 6.08. The number of hydrogen-bond donors (Lipinski definition) is 0. The molecule has 3 rings (SSSR count). The maximum absolute atomic E-state index is 12.4. The second-order valence-electron chi connectivity index (χ2n) is 6.07. The van der Waals surface area contributed by atoms with Crippen LogP contribution >= 0.6 is 23.1 Å². The molecule has 0 amide bonds. The van der Waals surface area contributed by atoms with Crippen LogP contribution < -0.4 is 4.90 Å². The minimum atomic E-state index is -0.162. The average Bonchev–Trinajstić information content (AvgIpc) is 3.02. The number of ketones is 1. The first-order chi connectivity index (χ1) is 10.9. The van der Waals surface area contributed by atoms with Gasteiger partial charge in [-0.3, -0.25) is 4.79 Å². The van der Waals surface area contributed by atoms with Gasteiger partial charge in [0.15, 0.2) is 10.1 Å². The third-order valence-electron chi connectivity index (χ3n) is 4.08. The second kappa shape index (κ2) is 6.09. The number of carbonyl (C=O) groups excluding carboxylic acids is 1. The van der Waals surface area contributed by atoms with E-state index in [1.165, 1.54) is 34.3 Å². The van der Waals surface area contributed by atoms with Gasteiger partial charge < -0.3 is 4.90 Å². The Morgan fingerprint density at radius 1 is 1.35 bits per heavy atom. The molecule has 120 valence electrons. The van der Waals surface area contributed by atoms with Crippen molar-refractivity contribution < 1.29 is 4.79 Å². The first-order valence-corrected chi connectivity index (χ1v) is 9.21. The maximum atomic E-state index is 12.4. The van der Waals surface area contributed by atoms with E-state index in [0.717, 1.165) is 15.0 Å². The van der Waals surface area contributed by atoms with Crippen molar-refractivity contribution in [3.8, 4) is 0 Å². The Morgan fingerprint density at radius 2 is 2.09 bits per heavy atom. The Kier molecular flexibility index (Phi) is 4.29. The van der Waals surface area contributed by atoms with E-state index in [2.05, 4.69) is 41.1 Å². The van der Waals surface area contributed by atoms with E-state index in [-0.39, 0.29) is 11.2 Å². The molecule has 0 bridgehead atoms. The maximum Gasteiger partial charge on any atom is 0.174 e. The van der Waals surface area contributed by atoms with Crippen molar-refractivity contribution in [2.24, 2.45) is 0 Å². The number of allylic oxidation sites excluding steroid dienone is 2. The van der Waals surface area contributed by atoms with Crippen molar-refractivity contribution in [2.75, 3.05) is 17.7 Å². The summed E-state index contributed by atoms with van der Waals surface area (Å²) in [4.78, 5) is 14.5. The third kappa shape index (κ3) is 3.05. The quantitative estimate of drug-likeness (QED) is 0.623. The number of carbonyl (C=O) groups is 1. The van der Waals surface area contributed by atoms with Crippen LogP contribution in [0.2, 0.25) is 0 Å². The Hall–Kier alpha value is -1.66. The summed E-state index contributed by atoms with van der Waals surface area (Å²) in [7, 11) is 2.02. The van der Waals surface area contributed by atoms with Gasteiger partial charge in [0.25, 0.3) is 0 Å². The largest absolute Gasteiger partial charge is 0.347 e. The molecule has 6 heteroatoms. The number of nitrogens with zero attached hydrogens (tertiary/aromatic N) is 3. The number of aryl methyl sites for hydroxylation is 1. The molecule has 2 heterocycles. The Morgan fingerprint density at radius 3 is 2.74 bits per heavy atom. The first-order valence-electron chi connectivity index (χ1n) is 7.41. The van der Waals surface area contributed by atoms with E-state index < -0.39 is 0 Å². The summed E-state index contributed by atoms with van der Waals surface area (Å²) in [5, 5.41) is 8.94. The lowest BCUT2D eigenvalue weighted by Gasteiger charge is -2.23. The Labute approximate surface area is 144 Å². The first kappa shape index (κ1) is 16.2. The molecule has 1 aliphatic rings. The minimum Gasteiger partial charge on any atom is -0.347 e. The van der Waals surface area contributed by atoms with Gasteiger partial charge in [-0.1, -0.05) is 55.1 Å². The van der Waals surface area contributed by atoms with Crippen LogP contribution in [-0.4, -0.2) is 28.8 Å². The smallest absolute Gasteiger partial charge is 0.174 e. The summed E-state index contributed by atoms with van der Waals surface area (Å²) in [6, 6.07) is 8.31. The highest BCUT2D eigenvalue weighted by Crippen LogP contribution is 2.46. The predicted molar refractivity (Wildman–Crippen MR) is 96.3 cm³/mol. The molecule has 0 spiro atoms. The van der Waals surface area contributed by atoms with Gasteiger partial charge in [-0.2, -0.15) is 0 Å². The molecule has 0 radical (unpaired) electrons. The Balaban J connectivity index is 1.78. The Bertz CT molecular complexity index is 780. The predicted octanol–water partition coefficient (Wildman–Crippen LogP) is 3.82. The highest BCUT2D eigenvalue weighted by molar-refractivity contribution is 8.01. The highest BCUT2D eigenvalue weighted by Gasteiger charge is 2.38. The lowest BCUT2D eigenvalue weighted by Crippen LogP contribution is -2.24. The van der Waals surface area contributed by atoms with Crippen LogP contribution in [0.4, 0.5) is 5.69 Å². The van der Waals surface area contributed by atoms with E-state index in [0.29, 0.717) is 5.75 Å². The minimum absolute atomic E-state index is 0.102. The van der Waals surface area contributed by atoms with Crippen LogP contribution in [0.15, 0.2) is 40.4 Å². The van der Waals surface area contributed by atoms with Gasteiger partial charge in [0.2, 0.25) is 0 Å². The number of fused-ring (bicyclic) bond motifs is 1. The van der Waals surface area contributed by atoms with Gasteiger partial charge >= 0.3 is 0 Å². The fourth-order valence-corrected chi connectivity index (χ4v) is 4.56. The number of aromatic nitrogens is 2. The van der Waals surface area contributed by atoms with E-state index in [9.17, 15) is 4.79 Å². The monoisotopic (exact) mass is 345 g/mol. The topological polar surface area (TPSA) is 46.1 Å². The lowest BCUT2D eigenvalue weighted by molar-refractivity contribution is -0.112. The molecule has 0 saturated carbocycles. The molecular formula is C17H19N3OS2. The second-order valence-corrected chi connectivity index (χ2v) is 8.48. The molecule has 0 N–H and O–H groups in total. The molecule has 1 aromatic carbocycles. The molecule has 1 aromatic heterocycles. The SMILES string of the molecule is Cc1nnc(SCC(=O)C=C2N(C)c3ccccc3C2(C)C)s1. The molecule has 0 fully saturated rings. The van der Waals surface area contributed by atoms with Gasteiger partial charge in [0, 0.05) is 29.9 Å². The van der Waals surface area contributed by atoms with Gasteiger partial charge in [-0.05, 0) is 18.6 Å². The van der Waals surface area contributed by atoms with E-state index in [4.69, 9.17) is 0 Å². The van der Waals surface area contributed by atoms with E-state index in [1.54, 1.807) is 6.08 Å². The van der Waals surface area contributed by atoms with Crippen molar-refractivity contribution in [2.45, 2.75) is 30.5 Å². The summed E-state index contributed by atoms with van der Waals surface area (Å²) in [6.45, 7) is 6.24. The van der Waals surface area contributed by atoms with Crippen LogP contribution in [0.25, 0.3) is 0 Å². The number of thioether (sulfide) groups is 1. The fraction of sp³-hybridized carbons (Fsp3) is 0.353. The van der Waals surface area contributed by atoms with Crippen molar-refractivity contribution >= 4 is 34.6 Å². The summed E-state index contributed by atoms with van der Waals surface area (Å²) in [5.74, 6) is 0.490. The zero-order chi connectivity index (χ0) is 16.6. The number of benzene rings is 1. The van der Waals surface area contributed by atoms with Crippen molar-refractivity contribution in [3.63, 3.8) is 0 Å². The summed E-state index contributed by atoms with van der Waals surface area (Å²) in [6.07, 6.45) is 1.78.